The molecule has 2 amide bonds. The number of alkyl carbamates (subject to hydrolysis) is 1. The molecule has 18 heteroatoms. The number of carboxylic acids is 2. The molecule has 0 spiro atoms. The number of thiol groups is 1. The summed E-state index contributed by atoms with van der Waals surface area (Å²) in [6.45, 7) is 13.5. The number of hydrogen-bond acceptors (Lipinski definition) is 7. The number of nitrogens with zero attached hydrogens (tertiary/aromatic N) is 2. The maximum atomic E-state index is 15.1. The van der Waals surface area contributed by atoms with Gasteiger partial charge in [0.2, 0.25) is 5.91 Å². The third-order valence-corrected chi connectivity index (χ3v) is 10.4. The van der Waals surface area contributed by atoms with Gasteiger partial charge in [-0.15, -0.1) is 0 Å². The second-order valence-electron chi connectivity index (χ2n) is 15.6. The number of carbonyl (C=O) groups excluding carboxylic acids is 2. The molecule has 3 aromatic rings. The molecule has 3 rings (SSSR count). The first-order valence-corrected chi connectivity index (χ1v) is 22.5. The number of carboxylic acid groups (broad SMARTS) is 2. The second kappa shape index (κ2) is 21.9. The Morgan fingerprint density at radius 1 is 0.982 bits per heavy atom. The van der Waals surface area contributed by atoms with Gasteiger partial charge in [0.05, 0.1) is 19.2 Å². The van der Waals surface area contributed by atoms with Crippen molar-refractivity contribution in [3.8, 4) is 11.1 Å². The van der Waals surface area contributed by atoms with E-state index in [4.69, 9.17) is 14.6 Å². The maximum absolute atomic E-state index is 15.1. The van der Waals surface area contributed by atoms with Crippen LogP contribution in [0.15, 0.2) is 60.8 Å². The minimum Gasteiger partial charge on any atom is -0.480 e. The molecule has 0 radical (unpaired) electrons. The Morgan fingerprint density at radius 2 is 1.61 bits per heavy atom. The SMILES string of the molecule is CC(C)(C)C(c1cc(-c2cc(F)ccc2F)cn1Cc1ccccc1)N(CCCNC(=O)OCC[Si](C)(C)C)C(=O)CNC(CCS)C(=O)O.O=C(O)C(F)(F)F. The van der Waals surface area contributed by atoms with Crippen molar-refractivity contribution in [3.05, 3.63) is 83.7 Å². The van der Waals surface area contributed by atoms with Crippen LogP contribution in [-0.4, -0.2) is 95.9 Å². The summed E-state index contributed by atoms with van der Waals surface area (Å²) in [5, 5.41) is 22.5. The number of nitrogens with one attached hydrogen (secondary N) is 2. The second-order valence-corrected chi connectivity index (χ2v) is 21.6. The summed E-state index contributed by atoms with van der Waals surface area (Å²) in [7, 11) is -1.37. The maximum Gasteiger partial charge on any atom is 0.490 e. The number of aromatic nitrogens is 1. The zero-order valence-corrected chi connectivity index (χ0v) is 34.9. The highest BCUT2D eigenvalue weighted by Crippen LogP contribution is 2.41. The van der Waals surface area contributed by atoms with E-state index in [9.17, 15) is 37.1 Å². The summed E-state index contributed by atoms with van der Waals surface area (Å²) >= 11 is 4.17. The standard InChI is InChI=1S/C37H52F2N4O5SSi.C2HF3O2/c1-37(2,3)34(32-21-27(29-22-28(38)13-14-30(29)39)25-42(32)24-26-11-8-7-9-12-26)43(33(44)23-41-31(15-19-49)35(45)46)17-10-16-40-36(47)48-18-20-50(4,5)6;3-2(4,5)1(6)7/h7-9,11-14,21-22,25,31,34,41,49H,10,15-20,23-24H2,1-6H3,(H,40,47)(H,45,46);(H,6,7). The molecule has 0 saturated carbocycles. The van der Waals surface area contributed by atoms with E-state index in [0.29, 0.717) is 36.6 Å². The molecular formula is C39H53F5N4O7SSi. The van der Waals surface area contributed by atoms with Crippen molar-refractivity contribution in [3.63, 3.8) is 0 Å². The normalized spacial score (nSPS) is 12.8. The van der Waals surface area contributed by atoms with Crippen molar-refractivity contribution >= 4 is 44.6 Å². The molecule has 2 aromatic carbocycles. The van der Waals surface area contributed by atoms with Gasteiger partial charge in [-0.05, 0) is 59.9 Å². The molecule has 316 valence electrons. The fourth-order valence-corrected chi connectivity index (χ4v) is 6.68. The molecule has 0 fully saturated rings. The van der Waals surface area contributed by atoms with Crippen LogP contribution in [0.4, 0.5) is 26.7 Å². The van der Waals surface area contributed by atoms with Gasteiger partial charge in [-0.2, -0.15) is 25.8 Å². The molecule has 0 aliphatic heterocycles. The molecule has 2 unspecified atom stereocenters. The van der Waals surface area contributed by atoms with Crippen molar-refractivity contribution in [2.75, 3.05) is 32.0 Å². The minimum atomic E-state index is -5.08. The number of rotatable bonds is 18. The summed E-state index contributed by atoms with van der Waals surface area (Å²) in [4.78, 5) is 49.0. The van der Waals surface area contributed by atoms with E-state index in [0.717, 1.165) is 29.8 Å². The Bertz CT molecular complexity index is 1780. The lowest BCUT2D eigenvalue weighted by atomic mass is 9.82. The van der Waals surface area contributed by atoms with E-state index in [1.54, 1.807) is 17.2 Å². The van der Waals surface area contributed by atoms with Gasteiger partial charge in [0.25, 0.3) is 0 Å². The van der Waals surface area contributed by atoms with Gasteiger partial charge >= 0.3 is 24.2 Å². The number of hydrogen-bond donors (Lipinski definition) is 5. The fraction of sp³-hybridized carbons (Fsp3) is 0.487. The third kappa shape index (κ3) is 16.9. The average Bonchev–Trinajstić information content (AvgIpc) is 3.50. The van der Waals surface area contributed by atoms with Crippen LogP contribution in [0.5, 0.6) is 0 Å². The average molecular weight is 845 g/mol. The van der Waals surface area contributed by atoms with E-state index in [1.165, 1.54) is 0 Å². The van der Waals surface area contributed by atoms with Crippen molar-refractivity contribution in [1.82, 2.24) is 20.1 Å². The predicted octanol–water partition coefficient (Wildman–Crippen LogP) is 7.85. The van der Waals surface area contributed by atoms with E-state index < -0.39 is 61.4 Å². The number of alkyl halides is 3. The van der Waals surface area contributed by atoms with E-state index in [-0.39, 0.29) is 37.5 Å². The first-order valence-electron chi connectivity index (χ1n) is 18.2. The van der Waals surface area contributed by atoms with E-state index >= 15 is 4.39 Å². The molecule has 0 saturated heterocycles. The van der Waals surface area contributed by atoms with Crippen LogP contribution in [0.25, 0.3) is 11.1 Å². The largest absolute Gasteiger partial charge is 0.490 e. The van der Waals surface area contributed by atoms with Crippen molar-refractivity contribution < 1.29 is 56.1 Å². The topological polar surface area (TPSA) is 150 Å². The van der Waals surface area contributed by atoms with Gasteiger partial charge in [-0.25, -0.2) is 18.4 Å². The minimum absolute atomic E-state index is 0.0955. The fourth-order valence-electron chi connectivity index (χ4n) is 5.70. The molecule has 2 atom stereocenters. The quantitative estimate of drug-likeness (QED) is 0.0376. The van der Waals surface area contributed by atoms with E-state index in [1.807, 2.05) is 55.7 Å². The molecule has 1 heterocycles. The Balaban J connectivity index is 0.00000146. The highest BCUT2D eigenvalue weighted by molar-refractivity contribution is 7.80. The Morgan fingerprint density at radius 3 is 2.16 bits per heavy atom. The smallest absolute Gasteiger partial charge is 0.480 e. The van der Waals surface area contributed by atoms with Crippen LogP contribution in [0.2, 0.25) is 25.7 Å². The zero-order valence-electron chi connectivity index (χ0n) is 33.0. The van der Waals surface area contributed by atoms with Gasteiger partial charge in [-0.1, -0.05) is 70.7 Å². The highest BCUT2D eigenvalue weighted by atomic mass is 32.1. The summed E-state index contributed by atoms with van der Waals surface area (Å²) in [6.07, 6.45) is -3.23. The molecular weight excluding hydrogens is 792 g/mol. The lowest BCUT2D eigenvalue weighted by molar-refractivity contribution is -0.192. The van der Waals surface area contributed by atoms with Crippen molar-refractivity contribution in [1.29, 1.82) is 0 Å². The van der Waals surface area contributed by atoms with Crippen LogP contribution in [0.3, 0.4) is 0 Å². The van der Waals surface area contributed by atoms with E-state index in [2.05, 4.69) is 42.9 Å². The Hall–Kier alpha value is -4.42. The summed E-state index contributed by atoms with van der Waals surface area (Å²) in [5.41, 5.74) is 1.63. The lowest BCUT2D eigenvalue weighted by Crippen LogP contribution is -2.49. The Kier molecular flexibility index (Phi) is 18.7. The first kappa shape index (κ1) is 48.7. The number of amides is 2. The van der Waals surface area contributed by atoms with Crippen molar-refractivity contribution in [2.24, 2.45) is 5.41 Å². The molecule has 0 bridgehead atoms. The highest BCUT2D eigenvalue weighted by Gasteiger charge is 2.39. The summed E-state index contributed by atoms with van der Waals surface area (Å²) in [5.74, 6) is -5.02. The van der Waals surface area contributed by atoms with Gasteiger partial charge in [0.1, 0.15) is 17.7 Å². The first-order chi connectivity index (χ1) is 26.4. The monoisotopic (exact) mass is 844 g/mol. The molecule has 4 N–H and O–H groups in total. The van der Waals surface area contributed by atoms with Crippen LogP contribution in [0.1, 0.15) is 50.9 Å². The van der Waals surface area contributed by atoms with Crippen molar-refractivity contribution in [2.45, 2.75) is 84.1 Å². The molecule has 11 nitrogen and oxygen atoms in total. The lowest BCUT2D eigenvalue weighted by Gasteiger charge is -2.41. The molecule has 0 aliphatic rings. The Labute approximate surface area is 336 Å². The number of halogens is 5. The van der Waals surface area contributed by atoms with Crippen LogP contribution >= 0.6 is 12.6 Å². The summed E-state index contributed by atoms with van der Waals surface area (Å²) in [6, 6.07) is 14.1. The van der Waals surface area contributed by atoms with Crippen LogP contribution < -0.4 is 10.6 Å². The summed E-state index contributed by atoms with van der Waals surface area (Å²) < 4.78 is 68.5. The van der Waals surface area contributed by atoms with Gasteiger partial charge in [-0.3, -0.25) is 14.9 Å². The number of benzene rings is 2. The predicted molar refractivity (Wildman–Crippen MR) is 213 cm³/mol. The van der Waals surface area contributed by atoms with Gasteiger partial charge in [0.15, 0.2) is 0 Å². The van der Waals surface area contributed by atoms with Crippen LogP contribution in [0, 0.1) is 17.0 Å². The van der Waals surface area contributed by atoms with Gasteiger partial charge < -0.3 is 29.7 Å². The molecule has 57 heavy (non-hydrogen) atoms. The molecule has 0 aliphatic carbocycles. The number of ether oxygens (including phenoxy) is 1. The van der Waals surface area contributed by atoms with Crippen LogP contribution in [-0.2, 0) is 25.7 Å². The number of carbonyl (C=O) groups is 4. The zero-order chi connectivity index (χ0) is 43.1. The third-order valence-electron chi connectivity index (χ3n) is 8.49. The molecule has 1 aromatic heterocycles. The number of aliphatic carboxylic acids is 2. The van der Waals surface area contributed by atoms with Gasteiger partial charge in [0, 0.05) is 50.7 Å².